The van der Waals surface area contributed by atoms with Gasteiger partial charge < -0.3 is 18.9 Å². The zero-order chi connectivity index (χ0) is 15.8. The van der Waals surface area contributed by atoms with Crippen molar-refractivity contribution in [1.29, 1.82) is 0 Å². The minimum Gasteiger partial charge on any atom is -0.487 e. The molecular formula is C16H22O5. The molecule has 0 amide bonds. The fourth-order valence-electron chi connectivity index (χ4n) is 1.70. The summed E-state index contributed by atoms with van der Waals surface area (Å²) in [7, 11) is 3.12. The van der Waals surface area contributed by atoms with Crippen LogP contribution in [0.3, 0.4) is 0 Å². The van der Waals surface area contributed by atoms with Crippen LogP contribution in [0.25, 0.3) is 0 Å². The van der Waals surface area contributed by atoms with Gasteiger partial charge in [-0.1, -0.05) is 24.8 Å². The first kappa shape index (κ1) is 17.2. The molecule has 0 radical (unpaired) electrons. The van der Waals surface area contributed by atoms with Crippen molar-refractivity contribution >= 4 is 5.97 Å². The van der Waals surface area contributed by atoms with E-state index in [1.165, 1.54) is 0 Å². The number of carbonyl (C=O) groups excluding carboxylic acids is 1. The molecule has 0 saturated heterocycles. The molecule has 1 rings (SSSR count). The third-order valence-corrected chi connectivity index (χ3v) is 2.73. The highest BCUT2D eigenvalue weighted by Gasteiger charge is 2.17. The van der Waals surface area contributed by atoms with Gasteiger partial charge in [-0.2, -0.15) is 0 Å². The smallest absolute Gasteiger partial charge is 0.333 e. The van der Waals surface area contributed by atoms with Crippen molar-refractivity contribution in [3.05, 3.63) is 42.0 Å². The van der Waals surface area contributed by atoms with Crippen LogP contribution in [0.15, 0.2) is 36.4 Å². The first-order chi connectivity index (χ1) is 9.99. The summed E-state index contributed by atoms with van der Waals surface area (Å²) in [4.78, 5) is 11.4. The van der Waals surface area contributed by atoms with Crippen LogP contribution in [-0.2, 0) is 19.0 Å². The maximum absolute atomic E-state index is 11.4. The maximum atomic E-state index is 11.4. The molecule has 0 aromatic heterocycles. The van der Waals surface area contributed by atoms with E-state index in [0.717, 1.165) is 5.56 Å². The molecular weight excluding hydrogens is 272 g/mol. The maximum Gasteiger partial charge on any atom is 0.333 e. The third kappa shape index (κ3) is 5.21. The van der Waals surface area contributed by atoms with Gasteiger partial charge in [-0.15, -0.1) is 0 Å². The molecule has 5 nitrogen and oxygen atoms in total. The highest BCUT2D eigenvalue weighted by atomic mass is 16.7. The van der Waals surface area contributed by atoms with Gasteiger partial charge in [-0.05, 0) is 19.9 Å². The highest BCUT2D eigenvalue weighted by molar-refractivity contribution is 5.86. The van der Waals surface area contributed by atoms with Crippen LogP contribution in [-0.4, -0.2) is 32.9 Å². The predicted octanol–water partition coefficient (Wildman–Crippen LogP) is 2.86. The summed E-state index contributed by atoms with van der Waals surface area (Å²) in [6.45, 7) is 7.09. The van der Waals surface area contributed by atoms with Crippen LogP contribution < -0.4 is 4.74 Å². The summed E-state index contributed by atoms with van der Waals surface area (Å²) in [6.07, 6.45) is -0.810. The SMILES string of the molecule is C=C(C)C(=O)OCC(C)Oc1ccccc1C(OC)OC. The Morgan fingerprint density at radius 3 is 2.43 bits per heavy atom. The van der Waals surface area contributed by atoms with Crippen molar-refractivity contribution in [3.8, 4) is 5.75 Å². The van der Waals surface area contributed by atoms with Crippen molar-refractivity contribution in [2.24, 2.45) is 0 Å². The van der Waals surface area contributed by atoms with Gasteiger partial charge in [0, 0.05) is 25.4 Å². The van der Waals surface area contributed by atoms with Crippen LogP contribution in [0, 0.1) is 0 Å². The molecule has 0 aliphatic heterocycles. The Kier molecular flexibility index (Phi) is 6.91. The minimum atomic E-state index is -0.508. The van der Waals surface area contributed by atoms with E-state index >= 15 is 0 Å². The van der Waals surface area contributed by atoms with E-state index in [9.17, 15) is 4.79 Å². The van der Waals surface area contributed by atoms with Gasteiger partial charge in [0.2, 0.25) is 0 Å². The van der Waals surface area contributed by atoms with Gasteiger partial charge in [0.1, 0.15) is 18.5 Å². The van der Waals surface area contributed by atoms with Gasteiger partial charge in [-0.3, -0.25) is 0 Å². The fourth-order valence-corrected chi connectivity index (χ4v) is 1.70. The number of para-hydroxylation sites is 1. The van der Waals surface area contributed by atoms with Gasteiger partial charge in [0.25, 0.3) is 0 Å². The number of esters is 1. The number of hydrogen-bond donors (Lipinski definition) is 0. The Labute approximate surface area is 125 Å². The number of methoxy groups -OCH3 is 2. The Morgan fingerprint density at radius 1 is 1.24 bits per heavy atom. The number of rotatable bonds is 8. The molecule has 0 aliphatic carbocycles. The van der Waals surface area contributed by atoms with Crippen molar-refractivity contribution < 1.29 is 23.7 Å². The van der Waals surface area contributed by atoms with Crippen LogP contribution in [0.4, 0.5) is 0 Å². The van der Waals surface area contributed by atoms with Crippen molar-refractivity contribution in [2.45, 2.75) is 26.2 Å². The monoisotopic (exact) mass is 294 g/mol. The molecule has 0 heterocycles. The average molecular weight is 294 g/mol. The number of benzene rings is 1. The molecule has 0 N–H and O–H groups in total. The molecule has 0 saturated carbocycles. The summed E-state index contributed by atoms with van der Waals surface area (Å²) in [5.74, 6) is 0.204. The van der Waals surface area contributed by atoms with Crippen LogP contribution in [0.2, 0.25) is 0 Å². The van der Waals surface area contributed by atoms with Crippen LogP contribution in [0.5, 0.6) is 5.75 Å². The summed E-state index contributed by atoms with van der Waals surface area (Å²) < 4.78 is 21.3. The van der Waals surface area contributed by atoms with E-state index in [1.807, 2.05) is 31.2 Å². The van der Waals surface area contributed by atoms with E-state index in [2.05, 4.69) is 6.58 Å². The van der Waals surface area contributed by atoms with Crippen LogP contribution >= 0.6 is 0 Å². The lowest BCUT2D eigenvalue weighted by Gasteiger charge is -2.21. The van der Waals surface area contributed by atoms with E-state index in [1.54, 1.807) is 21.1 Å². The molecule has 0 bridgehead atoms. The predicted molar refractivity (Wildman–Crippen MR) is 79.1 cm³/mol. The third-order valence-electron chi connectivity index (χ3n) is 2.73. The molecule has 0 fully saturated rings. The quantitative estimate of drug-likeness (QED) is 0.419. The minimum absolute atomic E-state index is 0.144. The zero-order valence-corrected chi connectivity index (χ0v) is 12.9. The normalized spacial score (nSPS) is 12.0. The second-order valence-corrected chi connectivity index (χ2v) is 4.65. The van der Waals surface area contributed by atoms with Crippen molar-refractivity contribution in [1.82, 2.24) is 0 Å². The largest absolute Gasteiger partial charge is 0.487 e. The lowest BCUT2D eigenvalue weighted by Crippen LogP contribution is -2.22. The van der Waals surface area contributed by atoms with E-state index in [-0.39, 0.29) is 12.7 Å². The lowest BCUT2D eigenvalue weighted by molar-refractivity contribution is -0.141. The Balaban J connectivity index is 2.69. The summed E-state index contributed by atoms with van der Waals surface area (Å²) in [5.41, 5.74) is 1.14. The number of carbonyl (C=O) groups is 1. The first-order valence-corrected chi connectivity index (χ1v) is 6.63. The van der Waals surface area contributed by atoms with Gasteiger partial charge in [0.05, 0.1) is 0 Å². The van der Waals surface area contributed by atoms with Gasteiger partial charge in [0.15, 0.2) is 6.29 Å². The first-order valence-electron chi connectivity index (χ1n) is 6.63. The number of ether oxygens (including phenoxy) is 4. The average Bonchev–Trinajstić information content (AvgIpc) is 2.47. The van der Waals surface area contributed by atoms with Gasteiger partial charge >= 0.3 is 5.97 Å². The molecule has 1 aromatic carbocycles. The Hall–Kier alpha value is -1.85. The van der Waals surface area contributed by atoms with E-state index < -0.39 is 12.3 Å². The topological polar surface area (TPSA) is 54.0 Å². The molecule has 0 aliphatic rings. The lowest BCUT2D eigenvalue weighted by atomic mass is 10.2. The summed E-state index contributed by atoms with van der Waals surface area (Å²) >= 11 is 0. The van der Waals surface area contributed by atoms with E-state index in [0.29, 0.717) is 11.3 Å². The summed E-state index contributed by atoms with van der Waals surface area (Å²) in [5, 5.41) is 0. The van der Waals surface area contributed by atoms with Crippen LogP contribution in [0.1, 0.15) is 25.7 Å². The number of hydrogen-bond acceptors (Lipinski definition) is 5. The molecule has 1 unspecified atom stereocenters. The second kappa shape index (κ2) is 8.44. The molecule has 1 atom stereocenters. The second-order valence-electron chi connectivity index (χ2n) is 4.65. The fraction of sp³-hybridized carbons (Fsp3) is 0.438. The zero-order valence-electron chi connectivity index (χ0n) is 12.9. The standard InChI is InChI=1S/C16H22O5/c1-11(2)15(17)20-10-12(3)21-14-9-7-6-8-13(14)16(18-4)19-5/h6-9,12,16H,1,10H2,2-5H3. The molecule has 5 heteroatoms. The van der Waals surface area contributed by atoms with E-state index in [4.69, 9.17) is 18.9 Å². The van der Waals surface area contributed by atoms with Crippen molar-refractivity contribution in [2.75, 3.05) is 20.8 Å². The summed E-state index contributed by atoms with van der Waals surface area (Å²) in [6, 6.07) is 7.41. The Bertz CT molecular complexity index is 479. The Morgan fingerprint density at radius 2 is 1.86 bits per heavy atom. The highest BCUT2D eigenvalue weighted by Crippen LogP contribution is 2.28. The molecule has 0 spiro atoms. The van der Waals surface area contributed by atoms with Gasteiger partial charge in [-0.25, -0.2) is 4.79 Å². The molecule has 116 valence electrons. The molecule has 21 heavy (non-hydrogen) atoms. The molecule has 1 aromatic rings. The van der Waals surface area contributed by atoms with Crippen molar-refractivity contribution in [3.63, 3.8) is 0 Å².